The van der Waals surface area contributed by atoms with Crippen molar-refractivity contribution in [1.82, 2.24) is 10.3 Å². The van der Waals surface area contributed by atoms with Gasteiger partial charge in [0.1, 0.15) is 5.56 Å². The molecule has 0 aliphatic carbocycles. The summed E-state index contributed by atoms with van der Waals surface area (Å²) in [6, 6.07) is 1.37. The van der Waals surface area contributed by atoms with E-state index in [4.69, 9.17) is 5.73 Å². The second kappa shape index (κ2) is 3.17. The van der Waals surface area contributed by atoms with Crippen LogP contribution in [0.1, 0.15) is 10.4 Å². The summed E-state index contributed by atoms with van der Waals surface area (Å²) in [7, 11) is 1.40. The molecule has 0 saturated carbocycles. The van der Waals surface area contributed by atoms with Gasteiger partial charge in [-0.3, -0.25) is 4.79 Å². The number of amides is 1. The molecule has 0 aliphatic heterocycles. The number of aromatic nitrogens is 1. The van der Waals surface area contributed by atoms with Crippen LogP contribution in [0, 0.1) is 5.95 Å². The molecule has 0 saturated heterocycles. The lowest BCUT2D eigenvalue weighted by atomic mass is 10.2. The molecule has 0 fully saturated rings. The van der Waals surface area contributed by atoms with Gasteiger partial charge in [-0.2, -0.15) is 4.39 Å². The van der Waals surface area contributed by atoms with Gasteiger partial charge in [0.05, 0.1) is 5.69 Å². The van der Waals surface area contributed by atoms with Gasteiger partial charge in [-0.15, -0.1) is 0 Å². The van der Waals surface area contributed by atoms with Crippen molar-refractivity contribution in [3.63, 3.8) is 0 Å². The molecule has 0 unspecified atom stereocenters. The number of nitrogens with two attached hydrogens (primary N) is 1. The highest BCUT2D eigenvalue weighted by Crippen LogP contribution is 2.12. The summed E-state index contributed by atoms with van der Waals surface area (Å²) < 4.78 is 12.8. The fourth-order valence-corrected chi connectivity index (χ4v) is 0.800. The fourth-order valence-electron chi connectivity index (χ4n) is 0.800. The van der Waals surface area contributed by atoms with Crippen LogP contribution in [0.4, 0.5) is 10.1 Å². The fraction of sp³-hybridized carbons (Fsp3) is 0.143. The van der Waals surface area contributed by atoms with E-state index in [1.807, 2.05) is 0 Å². The zero-order valence-corrected chi connectivity index (χ0v) is 6.47. The molecular formula is C7H8FN3O. The topological polar surface area (TPSA) is 68.0 Å². The Hall–Kier alpha value is -1.65. The van der Waals surface area contributed by atoms with Crippen LogP contribution in [-0.2, 0) is 0 Å². The van der Waals surface area contributed by atoms with Crippen LogP contribution >= 0.6 is 0 Å². The van der Waals surface area contributed by atoms with Gasteiger partial charge in [0.15, 0.2) is 0 Å². The van der Waals surface area contributed by atoms with E-state index in [1.54, 1.807) is 0 Å². The van der Waals surface area contributed by atoms with E-state index in [-0.39, 0.29) is 11.3 Å². The first kappa shape index (κ1) is 8.45. The molecule has 5 heteroatoms. The van der Waals surface area contributed by atoms with E-state index in [0.717, 1.165) is 0 Å². The summed E-state index contributed by atoms with van der Waals surface area (Å²) >= 11 is 0. The molecule has 0 aliphatic rings. The molecule has 0 spiro atoms. The third-order valence-electron chi connectivity index (χ3n) is 1.39. The molecule has 64 valence electrons. The Morgan fingerprint density at radius 2 is 2.42 bits per heavy atom. The minimum Gasteiger partial charge on any atom is -0.398 e. The highest BCUT2D eigenvalue weighted by atomic mass is 19.1. The Morgan fingerprint density at radius 3 is 2.92 bits per heavy atom. The lowest BCUT2D eigenvalue weighted by Gasteiger charge is -2.02. The van der Waals surface area contributed by atoms with Gasteiger partial charge in [0.2, 0.25) is 5.95 Å². The van der Waals surface area contributed by atoms with Crippen molar-refractivity contribution in [1.29, 1.82) is 0 Å². The predicted octanol–water partition coefficient (Wildman–Crippen LogP) is 0.162. The first-order chi connectivity index (χ1) is 5.66. The van der Waals surface area contributed by atoms with E-state index >= 15 is 0 Å². The minimum absolute atomic E-state index is 0.0850. The van der Waals surface area contributed by atoms with Crippen molar-refractivity contribution >= 4 is 11.6 Å². The van der Waals surface area contributed by atoms with Gasteiger partial charge in [-0.1, -0.05) is 0 Å². The highest BCUT2D eigenvalue weighted by Gasteiger charge is 2.13. The number of pyridine rings is 1. The number of halogens is 1. The zero-order valence-electron chi connectivity index (χ0n) is 6.47. The third kappa shape index (κ3) is 1.34. The molecule has 4 nitrogen and oxygen atoms in total. The number of nitrogens with one attached hydrogen (secondary N) is 1. The molecule has 0 atom stereocenters. The van der Waals surface area contributed by atoms with Crippen LogP contribution < -0.4 is 11.1 Å². The lowest BCUT2D eigenvalue weighted by Crippen LogP contribution is -2.21. The second-order valence-electron chi connectivity index (χ2n) is 2.15. The first-order valence-electron chi connectivity index (χ1n) is 3.29. The molecule has 3 N–H and O–H groups in total. The van der Waals surface area contributed by atoms with Crippen molar-refractivity contribution in [3.05, 3.63) is 23.8 Å². The van der Waals surface area contributed by atoms with Crippen molar-refractivity contribution < 1.29 is 9.18 Å². The van der Waals surface area contributed by atoms with Gasteiger partial charge in [0, 0.05) is 13.2 Å². The molecule has 1 rings (SSSR count). The van der Waals surface area contributed by atoms with Crippen molar-refractivity contribution in [3.8, 4) is 0 Å². The average molecular weight is 169 g/mol. The summed E-state index contributed by atoms with van der Waals surface area (Å²) in [6.45, 7) is 0. The van der Waals surface area contributed by atoms with Crippen molar-refractivity contribution in [2.24, 2.45) is 0 Å². The Morgan fingerprint density at radius 1 is 1.75 bits per heavy atom. The van der Waals surface area contributed by atoms with Crippen molar-refractivity contribution in [2.45, 2.75) is 0 Å². The van der Waals surface area contributed by atoms with Gasteiger partial charge >= 0.3 is 0 Å². The van der Waals surface area contributed by atoms with Crippen LogP contribution in [0.25, 0.3) is 0 Å². The van der Waals surface area contributed by atoms with Crippen LogP contribution in [0.2, 0.25) is 0 Å². The SMILES string of the molecule is CNC(=O)c1c(N)ccnc1F. The zero-order chi connectivity index (χ0) is 9.14. The monoisotopic (exact) mass is 169 g/mol. The Bertz CT molecular complexity index is 293. The van der Waals surface area contributed by atoms with Crippen molar-refractivity contribution in [2.75, 3.05) is 12.8 Å². The van der Waals surface area contributed by atoms with Gasteiger partial charge < -0.3 is 11.1 Å². The second-order valence-corrected chi connectivity index (χ2v) is 2.15. The number of nitrogens with zero attached hydrogens (tertiary/aromatic N) is 1. The van der Waals surface area contributed by atoms with Crippen LogP contribution in [0.3, 0.4) is 0 Å². The smallest absolute Gasteiger partial charge is 0.257 e. The number of hydrogen-bond donors (Lipinski definition) is 2. The molecule has 1 aromatic rings. The quantitative estimate of drug-likeness (QED) is 0.588. The molecule has 0 aromatic carbocycles. The van der Waals surface area contributed by atoms with E-state index in [1.165, 1.54) is 19.3 Å². The maximum atomic E-state index is 12.8. The molecule has 0 radical (unpaired) electrons. The maximum absolute atomic E-state index is 12.8. The number of hydrogen-bond acceptors (Lipinski definition) is 3. The summed E-state index contributed by atoms with van der Waals surface area (Å²) in [4.78, 5) is 14.3. The van der Waals surface area contributed by atoms with Crippen LogP contribution in [-0.4, -0.2) is 17.9 Å². The van der Waals surface area contributed by atoms with Crippen LogP contribution in [0.15, 0.2) is 12.3 Å². The molecular weight excluding hydrogens is 161 g/mol. The molecule has 1 amide bonds. The number of rotatable bonds is 1. The van der Waals surface area contributed by atoms with Crippen LogP contribution in [0.5, 0.6) is 0 Å². The van der Waals surface area contributed by atoms with E-state index in [2.05, 4.69) is 10.3 Å². The predicted molar refractivity (Wildman–Crippen MR) is 42.0 cm³/mol. The van der Waals surface area contributed by atoms with E-state index in [0.29, 0.717) is 0 Å². The molecule has 1 aromatic heterocycles. The summed E-state index contributed by atoms with van der Waals surface area (Å²) in [6.07, 6.45) is 1.21. The standard InChI is InChI=1S/C7H8FN3O/c1-10-7(12)5-4(9)2-3-11-6(5)8/h2-3H,1H3,(H2,9,11)(H,10,12). The summed E-state index contributed by atoms with van der Waals surface area (Å²) in [5.74, 6) is -1.42. The third-order valence-corrected chi connectivity index (χ3v) is 1.39. The number of carbonyl (C=O) groups is 1. The summed E-state index contributed by atoms with van der Waals surface area (Å²) in [5.41, 5.74) is 5.23. The highest BCUT2D eigenvalue weighted by molar-refractivity contribution is 5.98. The Labute approximate surface area is 68.6 Å². The molecule has 0 bridgehead atoms. The summed E-state index contributed by atoms with van der Waals surface area (Å²) in [5, 5.41) is 2.26. The lowest BCUT2D eigenvalue weighted by molar-refractivity contribution is 0.0959. The molecule has 12 heavy (non-hydrogen) atoms. The van der Waals surface area contributed by atoms with E-state index in [9.17, 15) is 9.18 Å². The number of carbonyl (C=O) groups excluding carboxylic acids is 1. The van der Waals surface area contributed by atoms with Gasteiger partial charge in [-0.25, -0.2) is 4.98 Å². The first-order valence-corrected chi connectivity index (χ1v) is 3.29. The van der Waals surface area contributed by atoms with Gasteiger partial charge in [0.25, 0.3) is 5.91 Å². The maximum Gasteiger partial charge on any atom is 0.257 e. The Kier molecular flexibility index (Phi) is 2.23. The largest absolute Gasteiger partial charge is 0.398 e. The number of anilines is 1. The number of nitrogen functional groups attached to an aromatic ring is 1. The van der Waals surface area contributed by atoms with E-state index < -0.39 is 11.9 Å². The normalized spacial score (nSPS) is 9.50. The average Bonchev–Trinajstić information content (AvgIpc) is 2.03. The minimum atomic E-state index is -0.852. The Balaban J connectivity index is 3.21. The van der Waals surface area contributed by atoms with Gasteiger partial charge in [-0.05, 0) is 6.07 Å². The molecule has 1 heterocycles.